The molecule has 2 N–H and O–H groups in total. The highest BCUT2D eigenvalue weighted by Crippen LogP contribution is 2.33. The second-order valence-corrected chi connectivity index (χ2v) is 5.59. The number of nitrogens with two attached hydrogens (primary N) is 1. The lowest BCUT2D eigenvalue weighted by molar-refractivity contribution is 0.579. The van der Waals surface area contributed by atoms with Crippen LogP contribution >= 0.6 is 11.3 Å². The van der Waals surface area contributed by atoms with Crippen LogP contribution in [0.4, 0.5) is 5.82 Å². The maximum absolute atomic E-state index is 5.77. The smallest absolute Gasteiger partial charge is 0.150 e. The summed E-state index contributed by atoms with van der Waals surface area (Å²) in [5.74, 6) is 1.67. The minimum Gasteiger partial charge on any atom is -0.352 e. The molecular formula is C12H16N4S. The number of hydrogen-bond acceptors (Lipinski definition) is 5. The minimum atomic E-state index is 0.517. The molecule has 90 valence electrons. The van der Waals surface area contributed by atoms with Crippen molar-refractivity contribution in [3.05, 3.63) is 17.8 Å². The molecule has 3 heterocycles. The highest BCUT2D eigenvalue weighted by atomic mass is 32.1. The van der Waals surface area contributed by atoms with Gasteiger partial charge in [0.2, 0.25) is 0 Å². The second kappa shape index (κ2) is 4.23. The van der Waals surface area contributed by atoms with Crippen LogP contribution in [0.15, 0.2) is 17.8 Å². The van der Waals surface area contributed by atoms with Crippen LogP contribution in [-0.2, 0) is 0 Å². The topological polar surface area (TPSA) is 55.0 Å². The first-order valence-electron chi connectivity index (χ1n) is 5.94. The molecular weight excluding hydrogens is 232 g/mol. The van der Waals surface area contributed by atoms with Crippen molar-refractivity contribution >= 4 is 27.4 Å². The lowest BCUT2D eigenvalue weighted by Gasteiger charge is -2.22. The van der Waals surface area contributed by atoms with Crippen molar-refractivity contribution in [3.8, 4) is 0 Å². The predicted molar refractivity (Wildman–Crippen MR) is 71.4 cm³/mol. The molecule has 17 heavy (non-hydrogen) atoms. The Balaban J connectivity index is 2.01. The number of nitrogens with zero attached hydrogens (tertiary/aromatic N) is 3. The van der Waals surface area contributed by atoms with Gasteiger partial charge in [-0.3, -0.25) is 0 Å². The van der Waals surface area contributed by atoms with Crippen LogP contribution in [0, 0.1) is 5.92 Å². The van der Waals surface area contributed by atoms with Crippen LogP contribution in [0.2, 0.25) is 0 Å². The molecule has 0 saturated carbocycles. The van der Waals surface area contributed by atoms with Crippen LogP contribution in [-0.4, -0.2) is 29.1 Å². The van der Waals surface area contributed by atoms with Crippen molar-refractivity contribution in [2.24, 2.45) is 11.7 Å². The third-order valence-corrected chi connectivity index (χ3v) is 4.39. The van der Waals surface area contributed by atoms with Gasteiger partial charge in [-0.05, 0) is 37.3 Å². The molecule has 0 amide bonds. The molecule has 4 nitrogen and oxygen atoms in total. The van der Waals surface area contributed by atoms with E-state index >= 15 is 0 Å². The largest absolute Gasteiger partial charge is 0.352 e. The van der Waals surface area contributed by atoms with Gasteiger partial charge in [0.25, 0.3) is 0 Å². The third-order valence-electron chi connectivity index (χ3n) is 3.49. The van der Waals surface area contributed by atoms with E-state index in [1.54, 1.807) is 17.7 Å². The Kier molecular flexibility index (Phi) is 2.72. The molecule has 0 radical (unpaired) electrons. The molecule has 0 aliphatic carbocycles. The maximum atomic E-state index is 5.77. The molecule has 5 heteroatoms. The summed E-state index contributed by atoms with van der Waals surface area (Å²) < 4.78 is 1.19. The maximum Gasteiger partial charge on any atom is 0.150 e. The van der Waals surface area contributed by atoms with E-state index in [0.717, 1.165) is 30.8 Å². The zero-order valence-corrected chi connectivity index (χ0v) is 10.7. The van der Waals surface area contributed by atoms with E-state index in [-0.39, 0.29) is 0 Å². The lowest BCUT2D eigenvalue weighted by atomic mass is 10.1. The van der Waals surface area contributed by atoms with Crippen LogP contribution in [0.25, 0.3) is 10.2 Å². The molecule has 1 fully saturated rings. The Hall–Kier alpha value is -1.20. The fourth-order valence-electron chi connectivity index (χ4n) is 2.59. The molecule has 2 aromatic rings. The van der Waals surface area contributed by atoms with E-state index in [1.807, 2.05) is 6.07 Å². The third kappa shape index (κ3) is 1.79. The Morgan fingerprint density at radius 1 is 1.53 bits per heavy atom. The van der Waals surface area contributed by atoms with Gasteiger partial charge in [-0.15, -0.1) is 11.3 Å². The molecule has 0 bridgehead atoms. The summed E-state index contributed by atoms with van der Waals surface area (Å²) in [6, 6.07) is 2.57. The Labute approximate surface area is 104 Å². The van der Waals surface area contributed by atoms with Crippen molar-refractivity contribution in [1.82, 2.24) is 9.97 Å². The van der Waals surface area contributed by atoms with E-state index in [4.69, 9.17) is 5.73 Å². The van der Waals surface area contributed by atoms with Crippen LogP contribution in [0.5, 0.6) is 0 Å². The van der Waals surface area contributed by atoms with Gasteiger partial charge >= 0.3 is 0 Å². The van der Waals surface area contributed by atoms with Gasteiger partial charge in [0.05, 0.1) is 10.2 Å². The van der Waals surface area contributed by atoms with E-state index in [0.29, 0.717) is 12.0 Å². The minimum absolute atomic E-state index is 0.517. The van der Waals surface area contributed by atoms with Gasteiger partial charge in [-0.2, -0.15) is 0 Å². The average Bonchev–Trinajstić information content (AvgIpc) is 2.94. The van der Waals surface area contributed by atoms with Crippen molar-refractivity contribution in [3.63, 3.8) is 0 Å². The van der Waals surface area contributed by atoms with Crippen molar-refractivity contribution in [2.75, 3.05) is 18.0 Å². The molecule has 1 aliphatic heterocycles. The Morgan fingerprint density at radius 3 is 3.18 bits per heavy atom. The molecule has 1 saturated heterocycles. The Morgan fingerprint density at radius 2 is 2.41 bits per heavy atom. The predicted octanol–water partition coefficient (Wildman–Crippen LogP) is 1.86. The SMILES string of the molecule is CC1CC(CN)CN1c1ncnc2ccsc12. The van der Waals surface area contributed by atoms with Gasteiger partial charge < -0.3 is 10.6 Å². The summed E-state index contributed by atoms with van der Waals surface area (Å²) in [6.45, 7) is 4.03. The number of hydrogen-bond donors (Lipinski definition) is 1. The molecule has 2 aromatic heterocycles. The van der Waals surface area contributed by atoms with Crippen molar-refractivity contribution in [2.45, 2.75) is 19.4 Å². The fraction of sp³-hybridized carbons (Fsp3) is 0.500. The normalized spacial score (nSPS) is 24.7. The zero-order valence-electron chi connectivity index (χ0n) is 9.84. The van der Waals surface area contributed by atoms with E-state index < -0.39 is 0 Å². The van der Waals surface area contributed by atoms with Crippen LogP contribution < -0.4 is 10.6 Å². The lowest BCUT2D eigenvalue weighted by Crippen LogP contribution is -2.28. The Bertz CT molecular complexity index is 524. The van der Waals surface area contributed by atoms with Crippen LogP contribution in [0.3, 0.4) is 0 Å². The number of rotatable bonds is 2. The summed E-state index contributed by atoms with van der Waals surface area (Å²) in [5, 5.41) is 2.07. The highest BCUT2D eigenvalue weighted by molar-refractivity contribution is 7.17. The van der Waals surface area contributed by atoms with Gasteiger partial charge in [0, 0.05) is 12.6 Å². The first-order chi connectivity index (χ1) is 8.29. The summed E-state index contributed by atoms with van der Waals surface area (Å²) in [7, 11) is 0. The molecule has 2 atom stereocenters. The second-order valence-electron chi connectivity index (χ2n) is 4.67. The van der Waals surface area contributed by atoms with Gasteiger partial charge in [-0.1, -0.05) is 0 Å². The number of anilines is 1. The standard InChI is InChI=1S/C12H16N4S/c1-8-4-9(5-13)6-16(8)12-11-10(2-3-17-11)14-7-15-12/h2-3,7-9H,4-6,13H2,1H3. The summed E-state index contributed by atoms with van der Waals surface area (Å²) in [6.07, 6.45) is 2.82. The fourth-order valence-corrected chi connectivity index (χ4v) is 3.44. The highest BCUT2D eigenvalue weighted by Gasteiger charge is 2.30. The van der Waals surface area contributed by atoms with Gasteiger partial charge in [0.15, 0.2) is 0 Å². The first kappa shape index (κ1) is 10.9. The van der Waals surface area contributed by atoms with Gasteiger partial charge in [0.1, 0.15) is 12.1 Å². The summed E-state index contributed by atoms with van der Waals surface area (Å²) in [4.78, 5) is 11.1. The van der Waals surface area contributed by atoms with Crippen molar-refractivity contribution in [1.29, 1.82) is 0 Å². The quantitative estimate of drug-likeness (QED) is 0.881. The molecule has 0 aromatic carbocycles. The zero-order chi connectivity index (χ0) is 11.8. The van der Waals surface area contributed by atoms with E-state index in [2.05, 4.69) is 27.2 Å². The molecule has 0 spiro atoms. The molecule has 1 aliphatic rings. The first-order valence-corrected chi connectivity index (χ1v) is 6.82. The summed E-state index contributed by atoms with van der Waals surface area (Å²) >= 11 is 1.71. The molecule has 2 unspecified atom stereocenters. The summed E-state index contributed by atoms with van der Waals surface area (Å²) in [5.41, 5.74) is 6.82. The average molecular weight is 248 g/mol. The van der Waals surface area contributed by atoms with Crippen molar-refractivity contribution < 1.29 is 0 Å². The monoisotopic (exact) mass is 248 g/mol. The number of thiophene rings is 1. The van der Waals surface area contributed by atoms with Gasteiger partial charge in [-0.25, -0.2) is 9.97 Å². The van der Waals surface area contributed by atoms with E-state index in [9.17, 15) is 0 Å². The number of aromatic nitrogens is 2. The molecule has 3 rings (SSSR count). The van der Waals surface area contributed by atoms with Crippen LogP contribution in [0.1, 0.15) is 13.3 Å². The number of fused-ring (bicyclic) bond motifs is 1. The van der Waals surface area contributed by atoms with E-state index in [1.165, 1.54) is 4.70 Å².